The highest BCUT2D eigenvalue weighted by Gasteiger charge is 2.58. The number of aromatic nitrogens is 1. The minimum atomic E-state index is -0.0530. The van der Waals surface area contributed by atoms with Crippen LogP contribution < -0.4 is 26.2 Å². The number of fused-ring (bicyclic) bond motifs is 13. The second-order valence-electron chi connectivity index (χ2n) is 23.7. The number of benzene rings is 6. The summed E-state index contributed by atoms with van der Waals surface area (Å²) in [6.45, 7) is 27.0. The number of rotatable bonds is 2. The minimum absolute atomic E-state index is 0.0466. The van der Waals surface area contributed by atoms with Crippen molar-refractivity contribution in [1.29, 1.82) is 0 Å². The topological polar surface area (TPSA) is 11.4 Å². The van der Waals surface area contributed by atoms with E-state index in [0.29, 0.717) is 0 Å². The number of thiophene rings is 1. The maximum absolute atomic E-state index is 2.81. The highest BCUT2D eigenvalue weighted by Crippen LogP contribution is 2.62. The lowest BCUT2D eigenvalue weighted by Gasteiger charge is -2.50. The zero-order chi connectivity index (χ0) is 44.9. The molecule has 3 nitrogen and oxygen atoms in total. The van der Waals surface area contributed by atoms with E-state index in [2.05, 4.69) is 194 Å². The molecule has 3 aliphatic heterocycles. The molecule has 326 valence electrons. The van der Waals surface area contributed by atoms with Crippen molar-refractivity contribution in [2.75, 3.05) is 9.80 Å². The first-order valence-electron chi connectivity index (χ1n) is 24.6. The summed E-state index contributed by atoms with van der Waals surface area (Å²) in [5.41, 5.74) is 23.9. The number of hydrogen-bond donors (Lipinski definition) is 0. The van der Waals surface area contributed by atoms with E-state index in [-0.39, 0.29) is 33.9 Å². The van der Waals surface area contributed by atoms with Crippen LogP contribution in [0.2, 0.25) is 0 Å². The van der Waals surface area contributed by atoms with Gasteiger partial charge in [-0.25, -0.2) is 0 Å². The quantitative estimate of drug-likeness (QED) is 0.160. The summed E-state index contributed by atoms with van der Waals surface area (Å²) in [5.74, 6) is 0. The molecule has 1 saturated carbocycles. The predicted molar refractivity (Wildman–Crippen MR) is 282 cm³/mol. The summed E-state index contributed by atoms with van der Waals surface area (Å²) in [6.07, 6.45) is 7.32. The van der Waals surface area contributed by atoms with Gasteiger partial charge in [0, 0.05) is 55.0 Å². The molecule has 13 rings (SSSR count). The molecule has 2 atom stereocenters. The first-order chi connectivity index (χ1) is 30.9. The van der Waals surface area contributed by atoms with Crippen LogP contribution in [0, 0.1) is 13.8 Å². The molecule has 0 radical (unpaired) electrons. The van der Waals surface area contributed by atoms with Crippen LogP contribution >= 0.6 is 11.3 Å². The van der Waals surface area contributed by atoms with Gasteiger partial charge in [-0.1, -0.05) is 129 Å². The van der Waals surface area contributed by atoms with Crippen molar-refractivity contribution < 1.29 is 0 Å². The monoisotopic (exact) mass is 867 g/mol. The van der Waals surface area contributed by atoms with Crippen LogP contribution in [0.4, 0.5) is 28.4 Å². The fourth-order valence-electron chi connectivity index (χ4n) is 14.0. The number of nitrogens with zero attached hydrogens (tertiary/aromatic N) is 3. The van der Waals surface area contributed by atoms with Gasteiger partial charge in [0.15, 0.2) is 0 Å². The largest absolute Gasteiger partial charge is 0.334 e. The smallest absolute Gasteiger partial charge is 0.252 e. The molecule has 6 aromatic carbocycles. The fraction of sp³-hybridized carbons (Fsp3) is 0.367. The van der Waals surface area contributed by atoms with Gasteiger partial charge in [0.2, 0.25) is 0 Å². The summed E-state index contributed by atoms with van der Waals surface area (Å²) in [4.78, 5) is 5.54. The Labute approximate surface area is 390 Å². The van der Waals surface area contributed by atoms with E-state index in [9.17, 15) is 0 Å². The first kappa shape index (κ1) is 40.1. The lowest BCUT2D eigenvalue weighted by atomic mass is 9.33. The van der Waals surface area contributed by atoms with E-state index in [1.165, 1.54) is 154 Å². The van der Waals surface area contributed by atoms with E-state index < -0.39 is 0 Å². The van der Waals surface area contributed by atoms with Gasteiger partial charge in [-0.3, -0.25) is 0 Å². The Morgan fingerprint density at radius 2 is 1.31 bits per heavy atom. The van der Waals surface area contributed by atoms with Gasteiger partial charge < -0.3 is 14.4 Å². The molecule has 65 heavy (non-hydrogen) atoms. The number of aryl methyl sites for hydroxylation is 2. The molecule has 5 heterocycles. The highest BCUT2D eigenvalue weighted by molar-refractivity contribution is 7.26. The van der Waals surface area contributed by atoms with Gasteiger partial charge in [-0.2, -0.15) is 0 Å². The second kappa shape index (κ2) is 12.8. The second-order valence-corrected chi connectivity index (χ2v) is 24.7. The molecule has 0 saturated heterocycles. The van der Waals surface area contributed by atoms with Crippen LogP contribution in [0.25, 0.3) is 36.9 Å². The third kappa shape index (κ3) is 5.09. The van der Waals surface area contributed by atoms with Crippen LogP contribution in [0.5, 0.6) is 0 Å². The van der Waals surface area contributed by atoms with E-state index in [0.717, 1.165) is 0 Å². The Balaban J connectivity index is 1.12. The summed E-state index contributed by atoms with van der Waals surface area (Å²) in [6, 6.07) is 41.6. The van der Waals surface area contributed by atoms with Gasteiger partial charge in [-0.05, 0) is 155 Å². The summed E-state index contributed by atoms with van der Waals surface area (Å²) in [7, 11) is 0. The third-order valence-electron chi connectivity index (χ3n) is 17.9. The number of hydrogen-bond acceptors (Lipinski definition) is 3. The lowest BCUT2D eigenvalue weighted by Crippen LogP contribution is -2.60. The first-order valence-corrected chi connectivity index (χ1v) is 25.4. The molecule has 2 unspecified atom stereocenters. The van der Waals surface area contributed by atoms with Crippen molar-refractivity contribution in [2.45, 2.75) is 142 Å². The van der Waals surface area contributed by atoms with Gasteiger partial charge in [-0.15, -0.1) is 11.3 Å². The molecule has 5 aliphatic rings. The van der Waals surface area contributed by atoms with Crippen LogP contribution in [0.15, 0.2) is 103 Å². The molecule has 5 heteroatoms. The van der Waals surface area contributed by atoms with Gasteiger partial charge in [0.05, 0.1) is 21.3 Å². The Kier molecular flexibility index (Phi) is 7.88. The molecule has 0 amide bonds. The summed E-state index contributed by atoms with van der Waals surface area (Å²) in [5, 5.41) is 2.72. The van der Waals surface area contributed by atoms with Crippen LogP contribution in [0.3, 0.4) is 0 Å². The molecule has 2 aliphatic carbocycles. The van der Waals surface area contributed by atoms with Gasteiger partial charge >= 0.3 is 0 Å². The maximum Gasteiger partial charge on any atom is 0.252 e. The van der Waals surface area contributed by atoms with Crippen molar-refractivity contribution in [3.8, 4) is 5.69 Å². The fourth-order valence-corrected chi connectivity index (χ4v) is 15.2. The molecular formula is C60H62BN3S. The molecule has 0 bridgehead atoms. The van der Waals surface area contributed by atoms with E-state index in [1.54, 1.807) is 0 Å². The number of para-hydroxylation sites is 1. The minimum Gasteiger partial charge on any atom is -0.334 e. The zero-order valence-electron chi connectivity index (χ0n) is 40.4. The third-order valence-corrected chi connectivity index (χ3v) is 19.1. The van der Waals surface area contributed by atoms with Crippen molar-refractivity contribution in [2.24, 2.45) is 0 Å². The van der Waals surface area contributed by atoms with Crippen molar-refractivity contribution in [3.63, 3.8) is 0 Å². The summed E-state index contributed by atoms with van der Waals surface area (Å²) >= 11 is 1.95. The lowest BCUT2D eigenvalue weighted by molar-refractivity contribution is 0.195. The maximum atomic E-state index is 2.81. The normalized spacial score (nSPS) is 22.3. The Morgan fingerprint density at radius 3 is 2.09 bits per heavy atom. The van der Waals surface area contributed by atoms with Crippen LogP contribution in [-0.4, -0.2) is 16.8 Å². The number of anilines is 5. The van der Waals surface area contributed by atoms with E-state index >= 15 is 0 Å². The summed E-state index contributed by atoms with van der Waals surface area (Å²) < 4.78 is 5.42. The van der Waals surface area contributed by atoms with E-state index in [4.69, 9.17) is 0 Å². The van der Waals surface area contributed by atoms with Gasteiger partial charge in [0.1, 0.15) is 0 Å². The molecule has 1 fully saturated rings. The zero-order valence-corrected chi connectivity index (χ0v) is 41.2. The van der Waals surface area contributed by atoms with Crippen molar-refractivity contribution >= 4 is 94.1 Å². The molecule has 8 aromatic rings. The SMILES string of the molecule is Cc1cc2c3c(c1)-n1c4c(cccc4c4sc5ccccc5c41)B3c1ccc(N3c4ccc(C(C)(C)C)cc4C4(C)CCCCC34C)cc1N2c1cc2c(cc1C)C(C)(C)CCC2(C)C. The Bertz CT molecular complexity index is 3410. The van der Waals surface area contributed by atoms with Crippen molar-refractivity contribution in [3.05, 3.63) is 137 Å². The predicted octanol–water partition coefficient (Wildman–Crippen LogP) is 14.6. The molecule has 0 N–H and O–H groups in total. The average Bonchev–Trinajstić information content (AvgIpc) is 3.87. The average molecular weight is 868 g/mol. The Hall–Kier alpha value is -5.26. The van der Waals surface area contributed by atoms with Crippen LogP contribution in [-0.2, 0) is 21.7 Å². The van der Waals surface area contributed by atoms with Crippen molar-refractivity contribution in [1.82, 2.24) is 4.57 Å². The van der Waals surface area contributed by atoms with Gasteiger partial charge in [0.25, 0.3) is 6.71 Å². The molecule has 0 spiro atoms. The molecular weight excluding hydrogens is 806 g/mol. The Morgan fingerprint density at radius 1 is 0.585 bits per heavy atom. The van der Waals surface area contributed by atoms with Crippen LogP contribution in [0.1, 0.15) is 134 Å². The standard InChI is InChI=1S/C60H62BN3S/c1-35-29-49-52-50(30-35)63-53-40(55-54(63)39-17-12-13-20-51(39)65-55)18-16-19-45(53)61(52)44-23-22-38(33-48(44)62(49)47-34-42-41(31-36(47)2)57(6,7)27-28-58(42,8)9)64-46-24-21-37(56(3,4)5)32-43(46)59(10)25-14-15-26-60(59,64)11/h12-13,16-24,29-34H,14-15,25-28H2,1-11H3. The van der Waals surface area contributed by atoms with E-state index in [1.807, 2.05) is 11.3 Å². The highest BCUT2D eigenvalue weighted by atomic mass is 32.1. The molecule has 2 aromatic heterocycles.